The highest BCUT2D eigenvalue weighted by atomic mass is 31.1. The summed E-state index contributed by atoms with van der Waals surface area (Å²) in [6.45, 7) is 8.56. The molecule has 0 aromatic carbocycles. The fourth-order valence-electron chi connectivity index (χ4n) is 0.267. The van der Waals surface area contributed by atoms with Gasteiger partial charge in [-0.1, -0.05) is 13.8 Å². The molecule has 0 bridgehead atoms. The van der Waals surface area contributed by atoms with Gasteiger partial charge in [0.2, 0.25) is 0 Å². The summed E-state index contributed by atoms with van der Waals surface area (Å²) in [7, 11) is 1.23. The summed E-state index contributed by atoms with van der Waals surface area (Å²) in [5.74, 6) is 0. The number of rotatable bonds is 2. The SMILES string of the molecule is CC(C)/N=P\C(C)C. The highest BCUT2D eigenvalue weighted by molar-refractivity contribution is 7.27. The van der Waals surface area contributed by atoms with Crippen molar-refractivity contribution in [3.63, 3.8) is 0 Å². The maximum atomic E-state index is 4.30. The lowest BCUT2D eigenvalue weighted by Crippen LogP contribution is -1.84. The van der Waals surface area contributed by atoms with E-state index in [2.05, 4.69) is 32.4 Å². The Balaban J connectivity index is 3.34. The molecule has 0 radical (unpaired) electrons. The van der Waals surface area contributed by atoms with Gasteiger partial charge in [-0.3, -0.25) is 4.74 Å². The van der Waals surface area contributed by atoms with Crippen LogP contribution >= 0.6 is 8.37 Å². The van der Waals surface area contributed by atoms with Crippen molar-refractivity contribution in [3.8, 4) is 0 Å². The van der Waals surface area contributed by atoms with Crippen molar-refractivity contribution in [2.24, 2.45) is 4.74 Å². The van der Waals surface area contributed by atoms with Crippen LogP contribution in [0.3, 0.4) is 0 Å². The Kier molecular flexibility index (Phi) is 4.08. The van der Waals surface area contributed by atoms with Crippen LogP contribution in [0.25, 0.3) is 0 Å². The van der Waals surface area contributed by atoms with Gasteiger partial charge < -0.3 is 0 Å². The Labute approximate surface area is 53.4 Å². The average Bonchev–Trinajstić information content (AvgIpc) is 1.61. The van der Waals surface area contributed by atoms with E-state index in [9.17, 15) is 0 Å². The molecule has 0 heterocycles. The van der Waals surface area contributed by atoms with Crippen LogP contribution in [0.2, 0.25) is 0 Å². The number of hydrogen-bond donors (Lipinski definition) is 0. The van der Waals surface area contributed by atoms with Crippen molar-refractivity contribution >= 4 is 8.37 Å². The van der Waals surface area contributed by atoms with Gasteiger partial charge in [0.1, 0.15) is 0 Å². The third-order valence-electron chi connectivity index (χ3n) is 0.529. The van der Waals surface area contributed by atoms with Gasteiger partial charge >= 0.3 is 0 Å². The van der Waals surface area contributed by atoms with E-state index in [0.717, 1.165) is 0 Å². The smallest absolute Gasteiger partial charge is 0.0486 e. The molecule has 0 aromatic rings. The molecule has 0 aromatic heterocycles. The van der Waals surface area contributed by atoms with Crippen molar-refractivity contribution in [2.45, 2.75) is 39.4 Å². The van der Waals surface area contributed by atoms with Crippen molar-refractivity contribution in [2.75, 3.05) is 0 Å². The second kappa shape index (κ2) is 4.03. The molecule has 8 heavy (non-hydrogen) atoms. The van der Waals surface area contributed by atoms with Crippen LogP contribution in [0.1, 0.15) is 27.7 Å². The maximum Gasteiger partial charge on any atom is 0.0486 e. The van der Waals surface area contributed by atoms with Gasteiger partial charge in [0.05, 0.1) is 0 Å². The number of nitrogens with zero attached hydrogens (tertiary/aromatic N) is 1. The van der Waals surface area contributed by atoms with Crippen LogP contribution in [0, 0.1) is 0 Å². The predicted molar refractivity (Wildman–Crippen MR) is 39.6 cm³/mol. The van der Waals surface area contributed by atoms with Crippen LogP contribution in [0.5, 0.6) is 0 Å². The van der Waals surface area contributed by atoms with E-state index in [1.54, 1.807) is 0 Å². The lowest BCUT2D eigenvalue weighted by Gasteiger charge is -1.94. The van der Waals surface area contributed by atoms with E-state index in [1.807, 2.05) is 0 Å². The van der Waals surface area contributed by atoms with E-state index >= 15 is 0 Å². The molecule has 0 N–H and O–H groups in total. The molecule has 0 unspecified atom stereocenters. The molecule has 0 amide bonds. The highest BCUT2D eigenvalue weighted by Crippen LogP contribution is 2.10. The summed E-state index contributed by atoms with van der Waals surface area (Å²) in [4.78, 5) is 0. The van der Waals surface area contributed by atoms with Crippen LogP contribution in [-0.4, -0.2) is 11.7 Å². The summed E-state index contributed by atoms with van der Waals surface area (Å²) in [5, 5.41) is 0. The van der Waals surface area contributed by atoms with Gasteiger partial charge in [0.15, 0.2) is 0 Å². The Hall–Kier alpha value is 0.100. The third kappa shape index (κ3) is 6.10. The van der Waals surface area contributed by atoms with E-state index in [0.29, 0.717) is 11.7 Å². The lowest BCUT2D eigenvalue weighted by molar-refractivity contribution is 0.847. The summed E-state index contributed by atoms with van der Waals surface area (Å²) in [6.07, 6.45) is 0. The molecule has 48 valence electrons. The van der Waals surface area contributed by atoms with Crippen molar-refractivity contribution < 1.29 is 0 Å². The molecule has 0 aliphatic carbocycles. The number of hydrogen-bond acceptors (Lipinski definition) is 1. The largest absolute Gasteiger partial charge is 0.266 e. The van der Waals surface area contributed by atoms with Crippen LogP contribution < -0.4 is 0 Å². The summed E-state index contributed by atoms with van der Waals surface area (Å²) < 4.78 is 4.30. The van der Waals surface area contributed by atoms with Gasteiger partial charge in [0, 0.05) is 20.1 Å². The maximum absolute atomic E-state index is 4.30. The van der Waals surface area contributed by atoms with Crippen molar-refractivity contribution in [1.82, 2.24) is 0 Å². The van der Waals surface area contributed by atoms with E-state index < -0.39 is 0 Å². The molecule has 0 aliphatic heterocycles. The van der Waals surface area contributed by atoms with Crippen LogP contribution in [0.15, 0.2) is 4.74 Å². The topological polar surface area (TPSA) is 12.4 Å². The second-order valence-electron chi connectivity index (χ2n) is 2.42. The molecule has 0 rings (SSSR count). The van der Waals surface area contributed by atoms with Gasteiger partial charge in [-0.25, -0.2) is 0 Å². The first-order valence-corrected chi connectivity index (χ1v) is 3.94. The summed E-state index contributed by atoms with van der Waals surface area (Å²) in [5.41, 5.74) is 0.692. The Morgan fingerprint density at radius 3 is 1.75 bits per heavy atom. The molecule has 0 atom stereocenters. The fourth-order valence-corrected chi connectivity index (χ4v) is 0.800. The molecular weight excluding hydrogens is 117 g/mol. The summed E-state index contributed by atoms with van der Waals surface area (Å²) in [6, 6.07) is 0.499. The summed E-state index contributed by atoms with van der Waals surface area (Å²) >= 11 is 0. The zero-order chi connectivity index (χ0) is 6.57. The fraction of sp³-hybridized carbons (Fsp3) is 1.00. The van der Waals surface area contributed by atoms with E-state index in [-0.39, 0.29) is 0 Å². The highest BCUT2D eigenvalue weighted by Gasteiger charge is 1.87. The molecule has 0 saturated carbocycles. The van der Waals surface area contributed by atoms with E-state index in [4.69, 9.17) is 0 Å². The Morgan fingerprint density at radius 1 is 1.12 bits per heavy atom. The monoisotopic (exact) mass is 131 g/mol. The minimum atomic E-state index is 0.499. The van der Waals surface area contributed by atoms with Gasteiger partial charge in [-0.15, -0.1) is 0 Å². The normalized spacial score (nSPS) is 12.2. The molecule has 0 fully saturated rings. The minimum Gasteiger partial charge on any atom is -0.266 e. The van der Waals surface area contributed by atoms with Crippen LogP contribution in [0.4, 0.5) is 0 Å². The molecule has 2 heteroatoms. The first-order chi connectivity index (χ1) is 3.63. The first kappa shape index (κ1) is 8.10. The Bertz CT molecular complexity index is 66.6. The zero-order valence-corrected chi connectivity index (χ0v) is 6.94. The van der Waals surface area contributed by atoms with Crippen molar-refractivity contribution in [3.05, 3.63) is 0 Å². The van der Waals surface area contributed by atoms with Crippen LogP contribution in [-0.2, 0) is 0 Å². The lowest BCUT2D eigenvalue weighted by atomic mass is 10.4. The van der Waals surface area contributed by atoms with Crippen molar-refractivity contribution in [1.29, 1.82) is 0 Å². The predicted octanol–water partition coefficient (Wildman–Crippen LogP) is 2.93. The van der Waals surface area contributed by atoms with Gasteiger partial charge in [0.25, 0.3) is 0 Å². The van der Waals surface area contributed by atoms with Gasteiger partial charge in [-0.2, -0.15) is 0 Å². The third-order valence-corrected chi connectivity index (χ3v) is 1.59. The zero-order valence-electron chi connectivity index (χ0n) is 6.05. The van der Waals surface area contributed by atoms with Gasteiger partial charge in [-0.05, 0) is 13.8 Å². The average molecular weight is 131 g/mol. The van der Waals surface area contributed by atoms with E-state index in [1.165, 1.54) is 8.37 Å². The molecule has 0 saturated heterocycles. The second-order valence-corrected chi connectivity index (χ2v) is 3.91. The minimum absolute atomic E-state index is 0.499. The molecule has 1 nitrogen and oxygen atoms in total. The molecule has 0 spiro atoms. The molecule has 0 aliphatic rings. The Morgan fingerprint density at radius 2 is 1.62 bits per heavy atom. The quantitative estimate of drug-likeness (QED) is 0.511. The molecular formula is C6H14NP. The standard InChI is InChI=1S/C6H14NP/c1-5(2)7-8-6(3)4/h5-6H,1-4H3. The first-order valence-electron chi connectivity index (χ1n) is 3.03.